The number of hydrogen-bond acceptors (Lipinski definition) is 2. The lowest BCUT2D eigenvalue weighted by Crippen LogP contribution is -2.21. The molecule has 0 fully saturated rings. The van der Waals surface area contributed by atoms with Crippen LogP contribution in [0.4, 0.5) is 4.39 Å². The van der Waals surface area contributed by atoms with Crippen LogP contribution in [-0.4, -0.2) is 6.54 Å². The van der Waals surface area contributed by atoms with Crippen molar-refractivity contribution in [2.24, 2.45) is 0 Å². The first kappa shape index (κ1) is 14.7. The molecule has 0 amide bonds. The lowest BCUT2D eigenvalue weighted by molar-refractivity contribution is 0.615. The summed E-state index contributed by atoms with van der Waals surface area (Å²) in [7, 11) is 0. The summed E-state index contributed by atoms with van der Waals surface area (Å²) >= 11 is 5.34. The van der Waals surface area contributed by atoms with Crippen LogP contribution < -0.4 is 5.32 Å². The molecular formula is C17H15BrFNS. The van der Waals surface area contributed by atoms with Gasteiger partial charge < -0.3 is 5.32 Å². The predicted molar refractivity (Wildman–Crippen MR) is 91.4 cm³/mol. The van der Waals surface area contributed by atoms with Crippen LogP contribution in [0.25, 0.3) is 10.1 Å². The molecule has 0 aliphatic rings. The van der Waals surface area contributed by atoms with Crippen molar-refractivity contribution in [1.29, 1.82) is 0 Å². The molecule has 1 nitrogen and oxygen atoms in total. The Bertz CT molecular complexity index is 751. The fraction of sp³-hybridized carbons (Fsp3) is 0.176. The second kappa shape index (κ2) is 6.26. The molecular weight excluding hydrogens is 349 g/mol. The van der Waals surface area contributed by atoms with Gasteiger partial charge in [-0.2, -0.15) is 0 Å². The van der Waals surface area contributed by atoms with E-state index in [0.717, 1.165) is 16.6 Å². The topological polar surface area (TPSA) is 12.0 Å². The molecule has 0 radical (unpaired) electrons. The number of hydrogen-bond donors (Lipinski definition) is 1. The molecule has 1 unspecified atom stereocenters. The van der Waals surface area contributed by atoms with Crippen LogP contribution in [0.2, 0.25) is 0 Å². The zero-order valence-electron chi connectivity index (χ0n) is 11.6. The van der Waals surface area contributed by atoms with Crippen LogP contribution in [0.5, 0.6) is 0 Å². The van der Waals surface area contributed by atoms with Crippen LogP contribution in [0, 0.1) is 5.82 Å². The number of nitrogens with one attached hydrogen (secondary N) is 1. The second-order valence-electron chi connectivity index (χ2n) is 4.85. The van der Waals surface area contributed by atoms with Crippen LogP contribution in [0.15, 0.2) is 52.3 Å². The van der Waals surface area contributed by atoms with Gasteiger partial charge in [-0.1, -0.05) is 31.2 Å². The first-order chi connectivity index (χ1) is 10.2. The first-order valence-corrected chi connectivity index (χ1v) is 8.52. The van der Waals surface area contributed by atoms with Gasteiger partial charge in [0.05, 0.1) is 6.04 Å². The fourth-order valence-electron chi connectivity index (χ4n) is 2.53. The Hall–Kier alpha value is -1.23. The van der Waals surface area contributed by atoms with E-state index < -0.39 is 0 Å². The Balaban J connectivity index is 2.11. The van der Waals surface area contributed by atoms with Crippen LogP contribution >= 0.6 is 27.3 Å². The predicted octanol–water partition coefficient (Wildman–Crippen LogP) is 5.50. The number of halogens is 2. The van der Waals surface area contributed by atoms with Gasteiger partial charge in [0.1, 0.15) is 5.82 Å². The van der Waals surface area contributed by atoms with Crippen molar-refractivity contribution in [2.45, 2.75) is 13.0 Å². The summed E-state index contributed by atoms with van der Waals surface area (Å²) in [5, 5.41) is 6.93. The minimum absolute atomic E-state index is 0.0821. The van der Waals surface area contributed by atoms with Gasteiger partial charge in [0.15, 0.2) is 0 Å². The molecule has 1 N–H and O–H groups in total. The molecule has 1 heterocycles. The smallest absolute Gasteiger partial charge is 0.123 e. The van der Waals surface area contributed by atoms with Gasteiger partial charge in [-0.05, 0) is 62.6 Å². The molecule has 108 valence electrons. The maximum atomic E-state index is 13.2. The third kappa shape index (κ3) is 2.89. The molecule has 0 spiro atoms. The van der Waals surface area contributed by atoms with Crippen molar-refractivity contribution < 1.29 is 4.39 Å². The summed E-state index contributed by atoms with van der Waals surface area (Å²) in [4.78, 5) is 0. The van der Waals surface area contributed by atoms with Gasteiger partial charge in [-0.15, -0.1) is 11.3 Å². The highest BCUT2D eigenvalue weighted by Crippen LogP contribution is 2.37. The van der Waals surface area contributed by atoms with E-state index in [0.29, 0.717) is 0 Å². The zero-order chi connectivity index (χ0) is 14.8. The summed E-state index contributed by atoms with van der Waals surface area (Å²) in [6, 6.07) is 13.1. The molecule has 0 aliphatic heterocycles. The van der Waals surface area contributed by atoms with Crippen molar-refractivity contribution in [3.05, 3.63) is 69.3 Å². The highest BCUT2D eigenvalue weighted by atomic mass is 79.9. The van der Waals surface area contributed by atoms with Crippen LogP contribution in [0.3, 0.4) is 0 Å². The van der Waals surface area contributed by atoms with E-state index in [-0.39, 0.29) is 11.9 Å². The molecule has 2 aromatic carbocycles. The molecule has 1 atom stereocenters. The highest BCUT2D eigenvalue weighted by molar-refractivity contribution is 9.10. The Morgan fingerprint density at radius 3 is 2.67 bits per heavy atom. The minimum atomic E-state index is -0.202. The highest BCUT2D eigenvalue weighted by Gasteiger charge is 2.18. The monoisotopic (exact) mass is 363 g/mol. The van der Waals surface area contributed by atoms with E-state index in [1.807, 2.05) is 12.1 Å². The van der Waals surface area contributed by atoms with E-state index in [4.69, 9.17) is 0 Å². The van der Waals surface area contributed by atoms with Crippen LogP contribution in [0.1, 0.15) is 24.1 Å². The molecule has 3 aromatic rings. The number of benzene rings is 2. The maximum absolute atomic E-state index is 13.2. The summed E-state index contributed by atoms with van der Waals surface area (Å²) in [6.45, 7) is 2.94. The Labute approximate surface area is 135 Å². The summed E-state index contributed by atoms with van der Waals surface area (Å²) in [5.41, 5.74) is 2.32. The Morgan fingerprint density at radius 1 is 1.19 bits per heavy atom. The van der Waals surface area contributed by atoms with Crippen molar-refractivity contribution in [1.82, 2.24) is 5.32 Å². The molecule has 0 bridgehead atoms. The molecule has 3 rings (SSSR count). The standard InChI is InChI=1S/C17H15BrFNS/c1-2-20-16(11-6-8-12(19)9-7-11)14-10-21-17-13(14)4-3-5-15(17)18/h3-10,16,20H,2H2,1H3. The number of thiophene rings is 1. The third-order valence-electron chi connectivity index (χ3n) is 3.50. The molecule has 0 saturated carbocycles. The van der Waals surface area contributed by atoms with Gasteiger partial charge in [0.2, 0.25) is 0 Å². The summed E-state index contributed by atoms with van der Waals surface area (Å²) in [5.74, 6) is -0.202. The molecule has 4 heteroatoms. The maximum Gasteiger partial charge on any atom is 0.123 e. The fourth-order valence-corrected chi connectivity index (χ4v) is 4.18. The third-order valence-corrected chi connectivity index (χ3v) is 5.47. The van der Waals surface area contributed by atoms with Gasteiger partial charge >= 0.3 is 0 Å². The van der Waals surface area contributed by atoms with Crippen molar-refractivity contribution in [3.63, 3.8) is 0 Å². The largest absolute Gasteiger partial charge is 0.306 e. The average molecular weight is 364 g/mol. The van der Waals surface area contributed by atoms with Crippen molar-refractivity contribution in [3.8, 4) is 0 Å². The molecule has 0 aliphatic carbocycles. The van der Waals surface area contributed by atoms with E-state index in [2.05, 4.69) is 51.7 Å². The second-order valence-corrected chi connectivity index (χ2v) is 6.58. The quantitative estimate of drug-likeness (QED) is 0.644. The van der Waals surface area contributed by atoms with Crippen molar-refractivity contribution >= 4 is 37.4 Å². The normalized spacial score (nSPS) is 12.7. The summed E-state index contributed by atoms with van der Waals surface area (Å²) in [6.07, 6.45) is 0. The molecule has 21 heavy (non-hydrogen) atoms. The van der Waals surface area contributed by atoms with E-state index >= 15 is 0 Å². The average Bonchev–Trinajstić information content (AvgIpc) is 2.91. The van der Waals surface area contributed by atoms with Gasteiger partial charge in [-0.25, -0.2) is 4.39 Å². The SMILES string of the molecule is CCNC(c1ccc(F)cc1)c1csc2c(Br)cccc12. The summed E-state index contributed by atoms with van der Waals surface area (Å²) < 4.78 is 15.5. The first-order valence-electron chi connectivity index (χ1n) is 6.85. The Morgan fingerprint density at radius 2 is 1.95 bits per heavy atom. The minimum Gasteiger partial charge on any atom is -0.306 e. The van der Waals surface area contributed by atoms with Gasteiger partial charge in [0.25, 0.3) is 0 Å². The van der Waals surface area contributed by atoms with Crippen LogP contribution in [-0.2, 0) is 0 Å². The Kier molecular flexibility index (Phi) is 4.38. The number of fused-ring (bicyclic) bond motifs is 1. The lowest BCUT2D eigenvalue weighted by Gasteiger charge is -2.18. The molecule has 0 saturated heterocycles. The van der Waals surface area contributed by atoms with E-state index in [9.17, 15) is 4.39 Å². The van der Waals surface area contributed by atoms with Gasteiger partial charge in [-0.3, -0.25) is 0 Å². The molecule has 1 aromatic heterocycles. The van der Waals surface area contributed by atoms with E-state index in [1.54, 1.807) is 11.3 Å². The number of rotatable bonds is 4. The van der Waals surface area contributed by atoms with Crippen molar-refractivity contribution in [2.75, 3.05) is 6.54 Å². The van der Waals surface area contributed by atoms with E-state index in [1.165, 1.54) is 27.8 Å². The lowest BCUT2D eigenvalue weighted by atomic mass is 9.98. The van der Waals surface area contributed by atoms with Gasteiger partial charge in [0, 0.05) is 9.17 Å². The zero-order valence-corrected chi connectivity index (χ0v) is 14.0.